The van der Waals surface area contributed by atoms with E-state index in [1.807, 2.05) is 4.57 Å². The highest BCUT2D eigenvalue weighted by atomic mass is 16.3. The number of hydrogen-bond donors (Lipinski definition) is 1. The summed E-state index contributed by atoms with van der Waals surface area (Å²) >= 11 is 0. The number of quaternary nitrogens is 1. The van der Waals surface area contributed by atoms with E-state index in [1.54, 1.807) is 13.4 Å². The number of aliphatic hydroxyl groups excluding tert-OH is 1. The first-order valence-electron chi connectivity index (χ1n) is 7.71. The number of hydrogen-bond acceptors (Lipinski definition) is 4. The number of aryl methyl sites for hydroxylation is 1. The van der Waals surface area contributed by atoms with Crippen molar-refractivity contribution in [3.8, 4) is 0 Å². The van der Waals surface area contributed by atoms with Crippen LogP contribution in [0.2, 0.25) is 0 Å². The summed E-state index contributed by atoms with van der Waals surface area (Å²) in [5.74, 6) is 0.288. The molecule has 0 saturated heterocycles. The smallest absolute Gasteiger partial charge is 0.332 e. The van der Waals surface area contributed by atoms with Crippen LogP contribution in [0.25, 0.3) is 11.2 Å². The molecule has 1 atom stereocenters. The standard InChI is InChI=1S/C15H26N5O3/c1-11(9-20(4,5)6-7-21)8-19-10-16-13-12(19)14(22)18(3)15(23)17(13)2/h10-11,21H,6-9H2,1-5H3/q+1. The predicted molar refractivity (Wildman–Crippen MR) is 88.3 cm³/mol. The molecule has 2 rings (SSSR count). The molecule has 0 amide bonds. The van der Waals surface area contributed by atoms with Gasteiger partial charge in [0.05, 0.1) is 33.6 Å². The molecule has 0 aromatic carbocycles. The quantitative estimate of drug-likeness (QED) is 0.701. The van der Waals surface area contributed by atoms with Gasteiger partial charge in [-0.2, -0.15) is 0 Å². The minimum absolute atomic E-state index is 0.149. The van der Waals surface area contributed by atoms with Gasteiger partial charge in [0.15, 0.2) is 11.2 Å². The molecule has 8 heteroatoms. The first kappa shape index (κ1) is 17.4. The minimum atomic E-state index is -0.374. The van der Waals surface area contributed by atoms with E-state index in [-0.39, 0.29) is 23.8 Å². The fourth-order valence-electron chi connectivity index (χ4n) is 3.13. The summed E-state index contributed by atoms with van der Waals surface area (Å²) in [5.41, 5.74) is 0.168. The number of aromatic nitrogens is 4. The molecular formula is C15H26N5O3+. The van der Waals surface area contributed by atoms with Crippen LogP contribution in [0.4, 0.5) is 0 Å². The van der Waals surface area contributed by atoms with Crippen LogP contribution in [0, 0.1) is 5.92 Å². The van der Waals surface area contributed by atoms with E-state index >= 15 is 0 Å². The van der Waals surface area contributed by atoms with Gasteiger partial charge in [-0.25, -0.2) is 9.78 Å². The summed E-state index contributed by atoms with van der Waals surface area (Å²) < 4.78 is 5.03. The molecule has 1 unspecified atom stereocenters. The maximum Gasteiger partial charge on any atom is 0.332 e. The van der Waals surface area contributed by atoms with Crippen LogP contribution in [-0.4, -0.2) is 62.1 Å². The van der Waals surface area contributed by atoms with Crippen LogP contribution in [0.5, 0.6) is 0 Å². The van der Waals surface area contributed by atoms with Crippen LogP contribution in [0.15, 0.2) is 15.9 Å². The largest absolute Gasteiger partial charge is 0.391 e. The van der Waals surface area contributed by atoms with Crippen LogP contribution in [0.3, 0.4) is 0 Å². The van der Waals surface area contributed by atoms with Crippen molar-refractivity contribution in [2.75, 3.05) is 33.8 Å². The highest BCUT2D eigenvalue weighted by molar-refractivity contribution is 5.69. The fourth-order valence-corrected chi connectivity index (χ4v) is 3.13. The Balaban J connectivity index is 2.35. The summed E-state index contributed by atoms with van der Waals surface area (Å²) in [7, 11) is 7.24. The Hall–Kier alpha value is -1.93. The Morgan fingerprint density at radius 3 is 2.52 bits per heavy atom. The number of likely N-dealkylation sites (N-methyl/N-ethyl adjacent to an activating group) is 1. The molecule has 0 saturated carbocycles. The molecule has 0 bridgehead atoms. The molecule has 0 aliphatic carbocycles. The third-order valence-corrected chi connectivity index (χ3v) is 4.24. The Labute approximate surface area is 134 Å². The van der Waals surface area contributed by atoms with Crippen LogP contribution in [-0.2, 0) is 20.6 Å². The van der Waals surface area contributed by atoms with Gasteiger partial charge in [-0.3, -0.25) is 13.9 Å². The number of imidazole rings is 1. The Morgan fingerprint density at radius 2 is 1.91 bits per heavy atom. The summed E-state index contributed by atoms with van der Waals surface area (Å²) in [5, 5.41) is 9.13. The van der Waals surface area contributed by atoms with Gasteiger partial charge in [0.2, 0.25) is 0 Å². The van der Waals surface area contributed by atoms with Gasteiger partial charge in [-0.15, -0.1) is 0 Å². The van der Waals surface area contributed by atoms with Gasteiger partial charge < -0.3 is 14.2 Å². The second-order valence-corrected chi connectivity index (χ2v) is 6.95. The highest BCUT2D eigenvalue weighted by Crippen LogP contribution is 2.12. The second-order valence-electron chi connectivity index (χ2n) is 6.95. The third-order valence-electron chi connectivity index (χ3n) is 4.24. The van der Waals surface area contributed by atoms with E-state index in [1.165, 1.54) is 11.6 Å². The number of rotatable bonds is 6. The van der Waals surface area contributed by atoms with Gasteiger partial charge >= 0.3 is 5.69 Å². The normalized spacial score (nSPS) is 13.7. The zero-order chi connectivity index (χ0) is 17.4. The van der Waals surface area contributed by atoms with Gasteiger partial charge in [0.25, 0.3) is 5.56 Å². The molecule has 0 spiro atoms. The van der Waals surface area contributed by atoms with Gasteiger partial charge in [0.1, 0.15) is 6.54 Å². The highest BCUT2D eigenvalue weighted by Gasteiger charge is 2.21. The molecule has 0 radical (unpaired) electrons. The summed E-state index contributed by atoms with van der Waals surface area (Å²) in [6.45, 7) is 4.45. The molecule has 128 valence electrons. The minimum Gasteiger partial charge on any atom is -0.391 e. The summed E-state index contributed by atoms with van der Waals surface area (Å²) in [6.07, 6.45) is 1.62. The van der Waals surface area contributed by atoms with Crippen molar-refractivity contribution >= 4 is 11.2 Å². The van der Waals surface area contributed by atoms with E-state index < -0.39 is 0 Å². The number of fused-ring (bicyclic) bond motifs is 1. The molecule has 1 N–H and O–H groups in total. The fraction of sp³-hybridized carbons (Fsp3) is 0.667. The van der Waals surface area contributed by atoms with Crippen molar-refractivity contribution in [1.82, 2.24) is 18.7 Å². The van der Waals surface area contributed by atoms with Gasteiger partial charge in [-0.05, 0) is 0 Å². The monoisotopic (exact) mass is 324 g/mol. The molecule has 0 aliphatic rings. The molecule has 0 aliphatic heterocycles. The Morgan fingerprint density at radius 1 is 1.26 bits per heavy atom. The molecule has 2 aromatic rings. The lowest BCUT2D eigenvalue weighted by Crippen LogP contribution is -2.45. The van der Waals surface area contributed by atoms with E-state index in [0.29, 0.717) is 28.7 Å². The second kappa shape index (κ2) is 6.29. The maximum absolute atomic E-state index is 12.4. The van der Waals surface area contributed by atoms with E-state index in [9.17, 15) is 9.59 Å². The third kappa shape index (κ3) is 3.37. The van der Waals surface area contributed by atoms with Gasteiger partial charge in [0, 0.05) is 26.6 Å². The zero-order valence-corrected chi connectivity index (χ0v) is 14.5. The van der Waals surface area contributed by atoms with E-state index in [4.69, 9.17) is 5.11 Å². The van der Waals surface area contributed by atoms with Crippen LogP contribution < -0.4 is 11.2 Å². The number of nitrogens with zero attached hydrogens (tertiary/aromatic N) is 5. The predicted octanol–water partition coefficient (Wildman–Crippen LogP) is -0.861. The topological polar surface area (TPSA) is 82.0 Å². The van der Waals surface area contributed by atoms with Crippen molar-refractivity contribution in [2.24, 2.45) is 20.0 Å². The molecule has 0 fully saturated rings. The number of aliphatic hydroxyl groups is 1. The van der Waals surface area contributed by atoms with Crippen molar-refractivity contribution in [3.05, 3.63) is 27.2 Å². The SMILES string of the molecule is CC(Cn1cnc2c1c(=O)n(C)c(=O)n2C)C[N+](C)(C)CCO. The molecule has 2 heterocycles. The lowest BCUT2D eigenvalue weighted by Gasteiger charge is -2.31. The van der Waals surface area contributed by atoms with Gasteiger partial charge in [-0.1, -0.05) is 6.92 Å². The van der Waals surface area contributed by atoms with Crippen molar-refractivity contribution in [1.29, 1.82) is 0 Å². The van der Waals surface area contributed by atoms with E-state index in [0.717, 1.165) is 11.1 Å². The molecule has 2 aromatic heterocycles. The molecular weight excluding hydrogens is 298 g/mol. The lowest BCUT2D eigenvalue weighted by atomic mass is 10.1. The first-order valence-corrected chi connectivity index (χ1v) is 7.71. The van der Waals surface area contributed by atoms with E-state index in [2.05, 4.69) is 26.0 Å². The average Bonchev–Trinajstić information content (AvgIpc) is 2.85. The summed E-state index contributed by atoms with van der Waals surface area (Å²) in [6, 6.07) is 0. The molecule has 23 heavy (non-hydrogen) atoms. The van der Waals surface area contributed by atoms with Crippen LogP contribution >= 0.6 is 0 Å². The Kier molecular flexibility index (Phi) is 4.76. The maximum atomic E-state index is 12.4. The zero-order valence-electron chi connectivity index (χ0n) is 14.5. The van der Waals surface area contributed by atoms with Crippen molar-refractivity contribution in [3.63, 3.8) is 0 Å². The first-order chi connectivity index (χ1) is 10.7. The lowest BCUT2D eigenvalue weighted by molar-refractivity contribution is -0.893. The molecule has 8 nitrogen and oxygen atoms in total. The van der Waals surface area contributed by atoms with Crippen molar-refractivity contribution in [2.45, 2.75) is 13.5 Å². The average molecular weight is 324 g/mol. The summed E-state index contributed by atoms with van der Waals surface area (Å²) in [4.78, 5) is 28.6. The Bertz CT molecular complexity index is 815. The van der Waals surface area contributed by atoms with Crippen molar-refractivity contribution < 1.29 is 9.59 Å². The van der Waals surface area contributed by atoms with Crippen LogP contribution in [0.1, 0.15) is 6.92 Å².